The summed E-state index contributed by atoms with van der Waals surface area (Å²) in [5, 5.41) is -0.102. The molecular weight excluding hydrogens is 267 g/mol. The van der Waals surface area contributed by atoms with E-state index in [1.54, 1.807) is 0 Å². The number of nitrogens with zero attached hydrogens (tertiary/aromatic N) is 1. The second-order valence-corrected chi connectivity index (χ2v) is 3.30. The second-order valence-electron chi connectivity index (χ2n) is 2.14. The summed E-state index contributed by atoms with van der Waals surface area (Å²) in [6.45, 7) is 0. The van der Waals surface area contributed by atoms with Gasteiger partial charge in [0.1, 0.15) is 4.60 Å². The van der Waals surface area contributed by atoms with Gasteiger partial charge >= 0.3 is 0 Å². The monoisotopic (exact) mass is 271 g/mol. The van der Waals surface area contributed by atoms with Gasteiger partial charge in [-0.2, -0.15) is 0 Å². The Labute approximate surface area is 87.0 Å². The van der Waals surface area contributed by atoms with Gasteiger partial charge in [-0.05, 0) is 15.9 Å². The normalized spacial score (nSPS) is 10.6. The first-order chi connectivity index (χ1) is 6.07. The van der Waals surface area contributed by atoms with Gasteiger partial charge in [0, 0.05) is 6.20 Å². The average molecular weight is 272 g/mol. The van der Waals surface area contributed by atoms with Crippen LogP contribution in [0.15, 0.2) is 10.8 Å². The van der Waals surface area contributed by atoms with Gasteiger partial charge in [0.15, 0.2) is 5.75 Å². The molecule has 1 aromatic rings. The van der Waals surface area contributed by atoms with Crippen LogP contribution in [0.1, 0.15) is 12.0 Å². The minimum Gasteiger partial charge on any atom is -0.493 e. The molecular formula is C7H5BrClF2NO. The first-order valence-electron chi connectivity index (χ1n) is 3.24. The summed E-state index contributed by atoms with van der Waals surface area (Å²) in [4.78, 5) is 3.72. The van der Waals surface area contributed by atoms with Gasteiger partial charge in [-0.25, -0.2) is 13.8 Å². The predicted octanol–water partition coefficient (Wildman–Crippen LogP) is 3.44. The summed E-state index contributed by atoms with van der Waals surface area (Å²) in [5.41, 5.74) is -0.342. The van der Waals surface area contributed by atoms with E-state index >= 15 is 0 Å². The van der Waals surface area contributed by atoms with Gasteiger partial charge in [0.25, 0.3) is 6.43 Å². The van der Waals surface area contributed by atoms with E-state index < -0.39 is 6.43 Å². The molecule has 0 saturated heterocycles. The van der Waals surface area contributed by atoms with E-state index in [0.717, 1.165) is 6.20 Å². The number of alkyl halides is 2. The second kappa shape index (κ2) is 4.19. The number of hydrogen-bond acceptors (Lipinski definition) is 2. The number of ether oxygens (including phenoxy) is 1. The van der Waals surface area contributed by atoms with Gasteiger partial charge in [-0.1, -0.05) is 11.6 Å². The first-order valence-corrected chi connectivity index (χ1v) is 4.41. The van der Waals surface area contributed by atoms with Crippen molar-refractivity contribution in [3.63, 3.8) is 0 Å². The third-order valence-corrected chi connectivity index (χ3v) is 2.27. The van der Waals surface area contributed by atoms with Gasteiger partial charge < -0.3 is 4.74 Å². The van der Waals surface area contributed by atoms with Crippen LogP contribution in [-0.2, 0) is 0 Å². The summed E-state index contributed by atoms with van der Waals surface area (Å²) in [6.07, 6.45) is -1.53. The number of rotatable bonds is 2. The molecule has 0 radical (unpaired) electrons. The average Bonchev–Trinajstić information content (AvgIpc) is 2.07. The van der Waals surface area contributed by atoms with E-state index in [4.69, 9.17) is 16.3 Å². The molecule has 6 heteroatoms. The molecule has 0 spiro atoms. The molecule has 0 N–H and O–H groups in total. The third-order valence-electron chi connectivity index (χ3n) is 1.40. The lowest BCUT2D eigenvalue weighted by molar-refractivity contribution is 0.147. The zero-order valence-corrected chi connectivity index (χ0v) is 8.86. The van der Waals surface area contributed by atoms with Crippen molar-refractivity contribution in [1.29, 1.82) is 0 Å². The van der Waals surface area contributed by atoms with Crippen LogP contribution in [-0.4, -0.2) is 12.1 Å². The molecule has 0 aliphatic heterocycles. The largest absolute Gasteiger partial charge is 0.493 e. The van der Waals surface area contributed by atoms with Gasteiger partial charge in [0.05, 0.1) is 17.7 Å². The number of aromatic nitrogens is 1. The Kier molecular flexibility index (Phi) is 3.44. The third kappa shape index (κ3) is 2.08. The lowest BCUT2D eigenvalue weighted by atomic mass is 10.2. The summed E-state index contributed by atoms with van der Waals surface area (Å²) in [7, 11) is 1.28. The molecule has 2 nitrogen and oxygen atoms in total. The van der Waals surface area contributed by atoms with Crippen LogP contribution in [0.2, 0.25) is 5.02 Å². The van der Waals surface area contributed by atoms with Crippen LogP contribution in [0.3, 0.4) is 0 Å². The summed E-state index contributed by atoms with van der Waals surface area (Å²) < 4.78 is 29.8. The topological polar surface area (TPSA) is 22.1 Å². The fraction of sp³-hybridized carbons (Fsp3) is 0.286. The minimum atomic E-state index is -2.68. The van der Waals surface area contributed by atoms with Crippen LogP contribution in [0.25, 0.3) is 0 Å². The number of pyridine rings is 1. The van der Waals surface area contributed by atoms with Crippen molar-refractivity contribution in [3.8, 4) is 5.75 Å². The Morgan fingerprint density at radius 2 is 2.23 bits per heavy atom. The SMILES string of the molecule is COc1c(Br)ncc(Cl)c1C(F)F. The van der Waals surface area contributed by atoms with E-state index in [9.17, 15) is 8.78 Å². The van der Waals surface area contributed by atoms with Crippen molar-refractivity contribution in [2.45, 2.75) is 6.43 Å². The van der Waals surface area contributed by atoms with Crippen LogP contribution < -0.4 is 4.74 Å². The zero-order valence-electron chi connectivity index (χ0n) is 6.52. The van der Waals surface area contributed by atoms with Crippen LogP contribution in [0, 0.1) is 0 Å². The molecule has 0 aromatic carbocycles. The van der Waals surface area contributed by atoms with E-state index in [2.05, 4.69) is 20.9 Å². The highest BCUT2D eigenvalue weighted by molar-refractivity contribution is 9.10. The van der Waals surface area contributed by atoms with Crippen LogP contribution in [0.5, 0.6) is 5.75 Å². The smallest absolute Gasteiger partial charge is 0.269 e. The number of methoxy groups -OCH3 is 1. The summed E-state index contributed by atoms with van der Waals surface area (Å²) >= 11 is 8.51. The standard InChI is InChI=1S/C7H5BrClF2NO/c1-13-5-4(7(10)11)3(9)2-12-6(5)8/h2,7H,1H3. The van der Waals surface area contributed by atoms with Crippen LogP contribution in [0.4, 0.5) is 8.78 Å². The zero-order chi connectivity index (χ0) is 10.0. The fourth-order valence-electron chi connectivity index (χ4n) is 0.859. The number of halogens is 4. The van der Waals surface area contributed by atoms with E-state index in [0.29, 0.717) is 0 Å². The van der Waals surface area contributed by atoms with E-state index in [1.165, 1.54) is 7.11 Å². The molecule has 1 aromatic heterocycles. The molecule has 0 amide bonds. The predicted molar refractivity (Wildman–Crippen MR) is 48.5 cm³/mol. The fourth-order valence-corrected chi connectivity index (χ4v) is 1.55. The van der Waals surface area contributed by atoms with Crippen molar-refractivity contribution >= 4 is 27.5 Å². The molecule has 0 aliphatic carbocycles. The maximum Gasteiger partial charge on any atom is 0.269 e. The first kappa shape index (κ1) is 10.7. The Morgan fingerprint density at radius 3 is 2.62 bits per heavy atom. The van der Waals surface area contributed by atoms with E-state index in [-0.39, 0.29) is 20.9 Å². The van der Waals surface area contributed by atoms with Crippen molar-refractivity contribution in [2.75, 3.05) is 7.11 Å². The van der Waals surface area contributed by atoms with Crippen LogP contribution >= 0.6 is 27.5 Å². The molecule has 72 valence electrons. The Bertz CT molecular complexity index is 322. The van der Waals surface area contributed by atoms with Crippen molar-refractivity contribution < 1.29 is 13.5 Å². The quantitative estimate of drug-likeness (QED) is 0.769. The molecule has 1 heterocycles. The van der Waals surface area contributed by atoms with E-state index in [1.807, 2.05) is 0 Å². The van der Waals surface area contributed by atoms with Gasteiger partial charge in [-0.3, -0.25) is 0 Å². The number of hydrogen-bond donors (Lipinski definition) is 0. The van der Waals surface area contributed by atoms with Gasteiger partial charge in [0.2, 0.25) is 0 Å². The highest BCUT2D eigenvalue weighted by atomic mass is 79.9. The van der Waals surface area contributed by atoms with Gasteiger partial charge in [-0.15, -0.1) is 0 Å². The molecule has 0 unspecified atom stereocenters. The molecule has 0 aliphatic rings. The Morgan fingerprint density at radius 1 is 1.62 bits per heavy atom. The maximum atomic E-state index is 12.4. The Balaban J connectivity index is 3.35. The highest BCUT2D eigenvalue weighted by Crippen LogP contribution is 2.38. The highest BCUT2D eigenvalue weighted by Gasteiger charge is 2.21. The van der Waals surface area contributed by atoms with Crippen molar-refractivity contribution in [3.05, 3.63) is 21.4 Å². The Hall–Kier alpha value is -0.420. The molecule has 0 atom stereocenters. The maximum absolute atomic E-state index is 12.4. The molecule has 0 fully saturated rings. The molecule has 0 saturated carbocycles. The lowest BCUT2D eigenvalue weighted by Crippen LogP contribution is -1.96. The summed E-state index contributed by atoms with van der Waals surface area (Å²) in [6, 6.07) is 0. The molecule has 0 bridgehead atoms. The van der Waals surface area contributed by atoms with Crippen molar-refractivity contribution in [2.24, 2.45) is 0 Å². The molecule has 13 heavy (non-hydrogen) atoms. The lowest BCUT2D eigenvalue weighted by Gasteiger charge is -2.09. The summed E-state index contributed by atoms with van der Waals surface area (Å²) in [5.74, 6) is -0.0255. The van der Waals surface area contributed by atoms with Crippen molar-refractivity contribution in [1.82, 2.24) is 4.98 Å². The minimum absolute atomic E-state index is 0.0255. The molecule has 1 rings (SSSR count).